The van der Waals surface area contributed by atoms with Crippen molar-refractivity contribution in [3.8, 4) is 0 Å². The van der Waals surface area contributed by atoms with Crippen LogP contribution in [0.2, 0.25) is 0 Å². The van der Waals surface area contributed by atoms with Crippen LogP contribution in [0.25, 0.3) is 0 Å². The molecule has 20 heavy (non-hydrogen) atoms. The molecule has 1 aliphatic heterocycles. The summed E-state index contributed by atoms with van der Waals surface area (Å²) >= 11 is 0. The quantitative estimate of drug-likeness (QED) is 0.837. The maximum atomic E-state index is 11.4. The lowest BCUT2D eigenvalue weighted by Crippen LogP contribution is -2.41. The van der Waals surface area contributed by atoms with E-state index in [0.717, 1.165) is 0 Å². The van der Waals surface area contributed by atoms with E-state index in [4.69, 9.17) is 15.0 Å². The Kier molecular flexibility index (Phi) is 3.97. The highest BCUT2D eigenvalue weighted by Gasteiger charge is 2.52. The summed E-state index contributed by atoms with van der Waals surface area (Å²) in [5, 5.41) is 0. The van der Waals surface area contributed by atoms with Crippen molar-refractivity contribution in [1.29, 1.82) is 0 Å². The number of nitrogens with two attached hydrogens (primary N) is 1. The first-order valence-electron chi connectivity index (χ1n) is 6.53. The molecular weight excluding hydrogens is 275 g/mol. The maximum absolute atomic E-state index is 11.4. The third-order valence-corrected chi connectivity index (χ3v) is 4.55. The van der Waals surface area contributed by atoms with Crippen molar-refractivity contribution < 1.29 is 13.5 Å². The molecule has 1 atom stereocenters. The first-order chi connectivity index (χ1) is 9.12. The van der Waals surface area contributed by atoms with Crippen LogP contribution in [-0.4, -0.2) is 33.8 Å². The van der Waals surface area contributed by atoms with E-state index >= 15 is 0 Å². The number of rotatable bonds is 3. The normalized spacial score (nSPS) is 21.9. The summed E-state index contributed by atoms with van der Waals surface area (Å²) in [7, 11) is -1.51. The van der Waals surface area contributed by atoms with E-state index in [-0.39, 0.29) is 0 Å². The minimum Gasteiger partial charge on any atom is -0.398 e. The van der Waals surface area contributed by atoms with Gasteiger partial charge in [-0.05, 0) is 39.8 Å². The Morgan fingerprint density at radius 1 is 1.25 bits per heavy atom. The summed E-state index contributed by atoms with van der Waals surface area (Å²) in [6.45, 7) is 7.97. The molecule has 0 aromatic carbocycles. The van der Waals surface area contributed by atoms with Gasteiger partial charge < -0.3 is 15.0 Å². The highest BCUT2D eigenvalue weighted by Crippen LogP contribution is 2.36. The van der Waals surface area contributed by atoms with Crippen molar-refractivity contribution in [2.75, 3.05) is 12.0 Å². The Morgan fingerprint density at radius 2 is 1.80 bits per heavy atom. The molecular formula is C13H21BN2O3S. The number of hydrogen-bond acceptors (Lipinski definition) is 5. The number of aromatic nitrogens is 1. The van der Waals surface area contributed by atoms with Crippen molar-refractivity contribution in [1.82, 2.24) is 4.98 Å². The van der Waals surface area contributed by atoms with Gasteiger partial charge in [0.25, 0.3) is 0 Å². The Morgan fingerprint density at radius 3 is 2.30 bits per heavy atom. The second-order valence-electron chi connectivity index (χ2n) is 6.08. The maximum Gasteiger partial charge on any atom is 0.514 e. The van der Waals surface area contributed by atoms with Crippen molar-refractivity contribution in [3.63, 3.8) is 0 Å². The van der Waals surface area contributed by atoms with Gasteiger partial charge in [-0.2, -0.15) is 0 Å². The highest BCUT2D eigenvalue weighted by molar-refractivity contribution is 7.83. The van der Waals surface area contributed by atoms with Crippen LogP contribution >= 0.6 is 0 Å². The minimum atomic E-state index is -0.991. The molecule has 0 saturated carbocycles. The molecule has 0 amide bonds. The van der Waals surface area contributed by atoms with E-state index in [1.165, 1.54) is 0 Å². The molecule has 1 unspecified atom stereocenters. The SMILES string of the molecule is CS(=O)Cc1nc(B2OC(C)(C)C(C)(C)O2)ccc1N. The molecule has 2 rings (SSSR count). The lowest BCUT2D eigenvalue weighted by Gasteiger charge is -2.32. The fraction of sp³-hybridized carbons (Fsp3) is 0.615. The molecule has 0 bridgehead atoms. The van der Waals surface area contributed by atoms with Crippen LogP contribution in [0.1, 0.15) is 33.4 Å². The summed E-state index contributed by atoms with van der Waals surface area (Å²) < 4.78 is 23.3. The van der Waals surface area contributed by atoms with Crippen LogP contribution in [0, 0.1) is 0 Å². The van der Waals surface area contributed by atoms with Gasteiger partial charge >= 0.3 is 7.12 Å². The highest BCUT2D eigenvalue weighted by atomic mass is 32.2. The first-order valence-corrected chi connectivity index (χ1v) is 8.26. The molecule has 1 fully saturated rings. The van der Waals surface area contributed by atoms with Gasteiger partial charge in [-0.3, -0.25) is 9.19 Å². The standard InChI is InChI=1S/C13H21BN2O3S/c1-12(2)13(3,4)19-14(18-12)11-7-6-9(15)10(16-11)8-20(5)17/h6-7H,8,15H2,1-5H3. The molecule has 1 aromatic rings. The molecule has 110 valence electrons. The van der Waals surface area contributed by atoms with Crippen LogP contribution in [0.3, 0.4) is 0 Å². The topological polar surface area (TPSA) is 74.4 Å². The number of pyridine rings is 1. The average molecular weight is 296 g/mol. The van der Waals surface area contributed by atoms with Crippen molar-refractivity contribution in [3.05, 3.63) is 17.8 Å². The molecule has 5 nitrogen and oxygen atoms in total. The summed E-state index contributed by atoms with van der Waals surface area (Å²) in [5.41, 5.74) is 6.88. The zero-order valence-corrected chi connectivity index (χ0v) is 13.4. The molecule has 7 heteroatoms. The van der Waals surface area contributed by atoms with Crippen molar-refractivity contribution in [2.24, 2.45) is 0 Å². The summed E-state index contributed by atoms with van der Waals surface area (Å²) in [4.78, 5) is 4.46. The fourth-order valence-electron chi connectivity index (χ4n) is 1.93. The summed E-state index contributed by atoms with van der Waals surface area (Å²) in [6, 6.07) is 3.55. The van der Waals surface area contributed by atoms with E-state index < -0.39 is 29.1 Å². The second kappa shape index (κ2) is 5.13. The van der Waals surface area contributed by atoms with Gasteiger partial charge in [-0.25, -0.2) is 0 Å². The Bertz CT molecular complexity index is 532. The Labute approximate surface area is 122 Å². The van der Waals surface area contributed by atoms with Gasteiger partial charge in [0.05, 0.1) is 33.9 Å². The van der Waals surface area contributed by atoms with Crippen LogP contribution in [0.4, 0.5) is 5.69 Å². The Hall–Kier alpha value is -0.915. The summed E-state index contributed by atoms with van der Waals surface area (Å²) in [6.07, 6.45) is 1.63. The summed E-state index contributed by atoms with van der Waals surface area (Å²) in [5.74, 6) is 0.333. The average Bonchev–Trinajstić information content (AvgIpc) is 2.50. The lowest BCUT2D eigenvalue weighted by atomic mass is 9.84. The van der Waals surface area contributed by atoms with Crippen molar-refractivity contribution >= 4 is 29.2 Å². The van der Waals surface area contributed by atoms with Gasteiger partial charge in [-0.15, -0.1) is 0 Å². The van der Waals surface area contributed by atoms with Crippen LogP contribution in [0.5, 0.6) is 0 Å². The van der Waals surface area contributed by atoms with E-state index in [2.05, 4.69) is 4.98 Å². The molecule has 2 N–H and O–H groups in total. The van der Waals surface area contributed by atoms with Gasteiger partial charge in [0.15, 0.2) is 0 Å². The second-order valence-corrected chi connectivity index (χ2v) is 7.51. The fourth-order valence-corrected chi connectivity index (χ4v) is 2.55. The lowest BCUT2D eigenvalue weighted by molar-refractivity contribution is 0.00578. The van der Waals surface area contributed by atoms with Gasteiger partial charge in [0, 0.05) is 17.1 Å². The van der Waals surface area contributed by atoms with E-state index in [1.54, 1.807) is 18.4 Å². The zero-order valence-electron chi connectivity index (χ0n) is 12.6. The number of nitrogen functional groups attached to an aromatic ring is 1. The first kappa shape index (κ1) is 15.5. The van der Waals surface area contributed by atoms with Crippen LogP contribution < -0.4 is 11.3 Å². The minimum absolute atomic E-state index is 0.333. The van der Waals surface area contributed by atoms with Gasteiger partial charge in [0.2, 0.25) is 0 Å². The Balaban J connectivity index is 2.29. The smallest absolute Gasteiger partial charge is 0.398 e. The molecule has 0 aliphatic carbocycles. The zero-order chi connectivity index (χ0) is 15.1. The van der Waals surface area contributed by atoms with Crippen molar-refractivity contribution in [2.45, 2.75) is 44.6 Å². The molecule has 0 spiro atoms. The largest absolute Gasteiger partial charge is 0.514 e. The third-order valence-electron chi connectivity index (χ3n) is 3.87. The van der Waals surface area contributed by atoms with Crippen LogP contribution in [0.15, 0.2) is 12.1 Å². The van der Waals surface area contributed by atoms with Gasteiger partial charge in [0.1, 0.15) is 0 Å². The predicted molar refractivity (Wildman–Crippen MR) is 82.1 cm³/mol. The molecule has 0 radical (unpaired) electrons. The van der Waals surface area contributed by atoms with Gasteiger partial charge in [-0.1, -0.05) is 0 Å². The molecule has 2 heterocycles. The molecule has 1 aliphatic rings. The number of hydrogen-bond donors (Lipinski definition) is 1. The van der Waals surface area contributed by atoms with Crippen LogP contribution in [-0.2, 0) is 25.9 Å². The number of nitrogens with zero attached hydrogens (tertiary/aromatic N) is 1. The van der Waals surface area contributed by atoms with E-state index in [1.807, 2.05) is 27.7 Å². The predicted octanol–water partition coefficient (Wildman–Crippen LogP) is 0.841. The molecule has 1 saturated heterocycles. The monoisotopic (exact) mass is 296 g/mol. The van der Waals surface area contributed by atoms with E-state index in [0.29, 0.717) is 22.7 Å². The number of anilines is 1. The third kappa shape index (κ3) is 2.89. The van der Waals surface area contributed by atoms with E-state index in [9.17, 15) is 4.21 Å². The molecule has 1 aromatic heterocycles.